The van der Waals surface area contributed by atoms with E-state index in [4.69, 9.17) is 4.74 Å². The van der Waals surface area contributed by atoms with Crippen molar-refractivity contribution in [2.75, 3.05) is 51.3 Å². The van der Waals surface area contributed by atoms with E-state index >= 15 is 0 Å². The molecule has 24 heavy (non-hydrogen) atoms. The fourth-order valence-corrected chi connectivity index (χ4v) is 2.45. The Bertz CT molecular complexity index is 529. The zero-order valence-corrected chi connectivity index (χ0v) is 13.7. The van der Waals surface area contributed by atoms with Gasteiger partial charge in [0.1, 0.15) is 0 Å². The molecule has 1 heterocycles. The second kappa shape index (κ2) is 9.84. The van der Waals surface area contributed by atoms with Gasteiger partial charge in [-0.2, -0.15) is 0 Å². The zero-order valence-electron chi connectivity index (χ0n) is 13.7. The summed E-state index contributed by atoms with van der Waals surface area (Å²) in [5.74, 6) is 0.0498. The Morgan fingerprint density at radius 1 is 1.21 bits per heavy atom. The first-order valence-electron chi connectivity index (χ1n) is 8.20. The second-order valence-corrected chi connectivity index (χ2v) is 5.64. The van der Waals surface area contributed by atoms with Crippen LogP contribution in [0.5, 0.6) is 0 Å². The van der Waals surface area contributed by atoms with Gasteiger partial charge in [0, 0.05) is 57.0 Å². The first-order valence-corrected chi connectivity index (χ1v) is 8.20. The van der Waals surface area contributed by atoms with Crippen molar-refractivity contribution in [1.29, 1.82) is 0 Å². The molecule has 0 atom stereocenters. The Kier molecular flexibility index (Phi) is 7.44. The lowest BCUT2D eigenvalue weighted by atomic mass is 10.2. The first-order chi connectivity index (χ1) is 11.6. The van der Waals surface area contributed by atoms with Crippen molar-refractivity contribution in [3.05, 3.63) is 34.4 Å². The molecule has 1 aromatic rings. The van der Waals surface area contributed by atoms with Gasteiger partial charge in [-0.25, -0.2) is 0 Å². The van der Waals surface area contributed by atoms with Gasteiger partial charge in [-0.05, 0) is 18.6 Å². The Morgan fingerprint density at radius 3 is 2.58 bits per heavy atom. The number of rotatable bonds is 9. The average Bonchev–Trinajstić information content (AvgIpc) is 2.60. The van der Waals surface area contributed by atoms with Crippen LogP contribution in [0.2, 0.25) is 0 Å². The molecule has 0 aliphatic carbocycles. The number of nitro benzene ring substituents is 1. The second-order valence-electron chi connectivity index (χ2n) is 5.64. The lowest BCUT2D eigenvalue weighted by molar-refractivity contribution is -0.384. The number of morpholine rings is 1. The van der Waals surface area contributed by atoms with Gasteiger partial charge >= 0.3 is 0 Å². The zero-order chi connectivity index (χ0) is 17.2. The molecular formula is C16H24N4O4. The van der Waals surface area contributed by atoms with Crippen LogP contribution in [0.1, 0.15) is 12.8 Å². The fourth-order valence-electron chi connectivity index (χ4n) is 2.45. The Labute approximate surface area is 141 Å². The van der Waals surface area contributed by atoms with Crippen molar-refractivity contribution in [2.45, 2.75) is 12.8 Å². The maximum absolute atomic E-state index is 11.8. The summed E-state index contributed by atoms with van der Waals surface area (Å²) in [6.07, 6.45) is 1.17. The van der Waals surface area contributed by atoms with Gasteiger partial charge in [-0.15, -0.1) is 0 Å². The predicted molar refractivity (Wildman–Crippen MR) is 91.1 cm³/mol. The van der Waals surface area contributed by atoms with Crippen LogP contribution in [-0.4, -0.2) is 61.7 Å². The Morgan fingerprint density at radius 2 is 1.92 bits per heavy atom. The van der Waals surface area contributed by atoms with Crippen LogP contribution in [0.25, 0.3) is 0 Å². The lowest BCUT2D eigenvalue weighted by Gasteiger charge is -2.26. The van der Waals surface area contributed by atoms with Gasteiger partial charge in [-0.1, -0.05) is 0 Å². The highest BCUT2D eigenvalue weighted by molar-refractivity contribution is 5.75. The van der Waals surface area contributed by atoms with E-state index < -0.39 is 4.92 Å². The number of nitro groups is 1. The highest BCUT2D eigenvalue weighted by Crippen LogP contribution is 2.15. The molecule has 0 radical (unpaired) electrons. The van der Waals surface area contributed by atoms with E-state index in [-0.39, 0.29) is 11.6 Å². The van der Waals surface area contributed by atoms with E-state index in [1.807, 2.05) is 0 Å². The van der Waals surface area contributed by atoms with Gasteiger partial charge in [0.2, 0.25) is 5.91 Å². The van der Waals surface area contributed by atoms with E-state index in [0.717, 1.165) is 38.5 Å². The number of hydrogen-bond donors (Lipinski definition) is 2. The van der Waals surface area contributed by atoms with E-state index in [1.165, 1.54) is 12.1 Å². The molecule has 1 amide bonds. The van der Waals surface area contributed by atoms with E-state index in [2.05, 4.69) is 15.5 Å². The summed E-state index contributed by atoms with van der Waals surface area (Å²) in [7, 11) is 0. The fraction of sp³-hybridized carbons (Fsp3) is 0.562. The third-order valence-corrected chi connectivity index (χ3v) is 3.84. The topological polar surface area (TPSA) is 96.7 Å². The number of anilines is 1. The number of amides is 1. The van der Waals surface area contributed by atoms with Gasteiger partial charge in [0.25, 0.3) is 5.69 Å². The molecule has 1 aliphatic rings. The Balaban J connectivity index is 1.53. The third kappa shape index (κ3) is 6.51. The maximum Gasteiger partial charge on any atom is 0.269 e. The summed E-state index contributed by atoms with van der Waals surface area (Å²) in [4.78, 5) is 24.2. The van der Waals surface area contributed by atoms with Crippen molar-refractivity contribution < 1.29 is 14.5 Å². The van der Waals surface area contributed by atoms with Gasteiger partial charge in [0.05, 0.1) is 18.1 Å². The van der Waals surface area contributed by atoms with Crippen LogP contribution >= 0.6 is 0 Å². The number of carbonyl (C=O) groups excluding carboxylic acids is 1. The van der Waals surface area contributed by atoms with Crippen molar-refractivity contribution >= 4 is 17.3 Å². The quantitative estimate of drug-likeness (QED) is 0.400. The molecule has 0 spiro atoms. The summed E-state index contributed by atoms with van der Waals surface area (Å²) in [6.45, 7) is 5.55. The molecule has 0 saturated carbocycles. The number of non-ortho nitro benzene ring substituents is 1. The molecule has 1 aliphatic heterocycles. The molecule has 1 fully saturated rings. The van der Waals surface area contributed by atoms with E-state index in [0.29, 0.717) is 25.9 Å². The Hall–Kier alpha value is -2.19. The normalized spacial score (nSPS) is 15.0. The van der Waals surface area contributed by atoms with Gasteiger partial charge in [0.15, 0.2) is 0 Å². The summed E-state index contributed by atoms with van der Waals surface area (Å²) >= 11 is 0. The summed E-state index contributed by atoms with van der Waals surface area (Å²) in [5.41, 5.74) is 0.883. The summed E-state index contributed by atoms with van der Waals surface area (Å²) < 4.78 is 5.28. The third-order valence-electron chi connectivity index (χ3n) is 3.84. The minimum Gasteiger partial charge on any atom is -0.385 e. The first kappa shape index (κ1) is 18.2. The summed E-state index contributed by atoms with van der Waals surface area (Å²) in [5, 5.41) is 16.6. The molecule has 1 aromatic carbocycles. The monoisotopic (exact) mass is 336 g/mol. The molecule has 8 nitrogen and oxygen atoms in total. The molecule has 0 bridgehead atoms. The van der Waals surface area contributed by atoms with Crippen LogP contribution in [0.3, 0.4) is 0 Å². The minimum absolute atomic E-state index is 0.0498. The van der Waals surface area contributed by atoms with Gasteiger partial charge in [-0.3, -0.25) is 19.8 Å². The predicted octanol–water partition coefficient (Wildman–Crippen LogP) is 1.24. The largest absolute Gasteiger partial charge is 0.385 e. The maximum atomic E-state index is 11.8. The van der Waals surface area contributed by atoms with E-state index in [1.54, 1.807) is 12.1 Å². The van der Waals surface area contributed by atoms with Crippen LogP contribution in [0.15, 0.2) is 24.3 Å². The van der Waals surface area contributed by atoms with Crippen molar-refractivity contribution in [1.82, 2.24) is 10.2 Å². The molecule has 132 valence electrons. The van der Waals surface area contributed by atoms with Gasteiger partial charge < -0.3 is 15.4 Å². The molecular weight excluding hydrogens is 312 g/mol. The van der Waals surface area contributed by atoms with Crippen LogP contribution in [0, 0.1) is 10.1 Å². The number of hydrogen-bond acceptors (Lipinski definition) is 6. The molecule has 2 N–H and O–H groups in total. The minimum atomic E-state index is -0.426. The highest BCUT2D eigenvalue weighted by atomic mass is 16.6. The standard InChI is InChI=1S/C16H24N4O4/c21-16(18-8-9-19-10-12-24-13-11-19)2-1-7-17-14-3-5-15(6-4-14)20(22)23/h3-6,17H,1-2,7-13H2,(H,18,21). The average molecular weight is 336 g/mol. The highest BCUT2D eigenvalue weighted by Gasteiger charge is 2.10. The summed E-state index contributed by atoms with van der Waals surface area (Å²) in [6, 6.07) is 6.25. The SMILES string of the molecule is O=C(CCCNc1ccc([N+](=O)[O-])cc1)NCCN1CCOCC1. The van der Waals surface area contributed by atoms with E-state index in [9.17, 15) is 14.9 Å². The lowest BCUT2D eigenvalue weighted by Crippen LogP contribution is -2.41. The van der Waals surface area contributed by atoms with Crippen molar-refractivity contribution in [3.63, 3.8) is 0 Å². The van der Waals surface area contributed by atoms with Crippen LogP contribution in [0.4, 0.5) is 11.4 Å². The number of nitrogens with one attached hydrogen (secondary N) is 2. The molecule has 8 heteroatoms. The number of ether oxygens (including phenoxy) is 1. The van der Waals surface area contributed by atoms with Crippen LogP contribution < -0.4 is 10.6 Å². The smallest absolute Gasteiger partial charge is 0.269 e. The van der Waals surface area contributed by atoms with Crippen molar-refractivity contribution in [2.24, 2.45) is 0 Å². The molecule has 1 saturated heterocycles. The number of carbonyl (C=O) groups is 1. The molecule has 0 aromatic heterocycles. The van der Waals surface area contributed by atoms with Crippen molar-refractivity contribution in [3.8, 4) is 0 Å². The number of benzene rings is 1. The van der Waals surface area contributed by atoms with Crippen LogP contribution in [-0.2, 0) is 9.53 Å². The molecule has 2 rings (SSSR count). The molecule has 0 unspecified atom stereocenters. The number of nitrogens with zero attached hydrogens (tertiary/aromatic N) is 2.